The Labute approximate surface area is 140 Å². The van der Waals surface area contributed by atoms with E-state index < -0.39 is 0 Å². The van der Waals surface area contributed by atoms with E-state index in [0.29, 0.717) is 5.84 Å². The van der Waals surface area contributed by atoms with Crippen molar-refractivity contribution in [2.24, 2.45) is 24.3 Å². The Morgan fingerprint density at radius 1 is 1.12 bits per heavy atom. The molecule has 0 bridgehead atoms. The van der Waals surface area contributed by atoms with E-state index in [1.165, 1.54) is 0 Å². The molecule has 7 heteroatoms. The number of H-pyrrole nitrogens is 1. The van der Waals surface area contributed by atoms with E-state index >= 15 is 0 Å². The van der Waals surface area contributed by atoms with Crippen molar-refractivity contribution in [2.75, 3.05) is 5.43 Å². The number of aryl methyl sites for hydroxylation is 2. The quantitative estimate of drug-likeness (QED) is 0.291. The van der Waals surface area contributed by atoms with E-state index in [9.17, 15) is 0 Å². The van der Waals surface area contributed by atoms with Gasteiger partial charge in [0, 0.05) is 25.5 Å². The summed E-state index contributed by atoms with van der Waals surface area (Å²) < 4.78 is 3.87. The van der Waals surface area contributed by atoms with Crippen LogP contribution in [-0.2, 0) is 14.1 Å². The van der Waals surface area contributed by atoms with Crippen molar-refractivity contribution >= 4 is 11.7 Å². The largest absolute Gasteiger partial charge is 0.359 e. The Morgan fingerprint density at radius 3 is 2.75 bits per heavy atom. The molecule has 0 radical (unpaired) electrons. The molecule has 0 aromatic carbocycles. The van der Waals surface area contributed by atoms with Crippen molar-refractivity contribution in [1.29, 1.82) is 0 Å². The van der Waals surface area contributed by atoms with Gasteiger partial charge in [-0.1, -0.05) is 17.2 Å². The average Bonchev–Trinajstić information content (AvgIpc) is 3.12. The van der Waals surface area contributed by atoms with Crippen LogP contribution in [0.25, 0.3) is 0 Å². The fourth-order valence-electron chi connectivity index (χ4n) is 2.12. The summed E-state index contributed by atoms with van der Waals surface area (Å²) in [6.45, 7) is 0. The van der Waals surface area contributed by atoms with E-state index in [1.807, 2.05) is 90.4 Å². The van der Waals surface area contributed by atoms with Crippen LogP contribution in [0.3, 0.4) is 0 Å². The van der Waals surface area contributed by atoms with Crippen molar-refractivity contribution in [3.05, 3.63) is 78.3 Å². The summed E-state index contributed by atoms with van der Waals surface area (Å²) in [4.78, 5) is 3.13. The van der Waals surface area contributed by atoms with Crippen LogP contribution in [0.4, 0.5) is 5.82 Å². The zero-order valence-electron chi connectivity index (χ0n) is 13.6. The normalized spacial score (nSPS) is 12.2. The lowest BCUT2D eigenvalue weighted by molar-refractivity contribution is -0.657. The predicted octanol–water partition coefficient (Wildman–Crippen LogP) is 1.06. The van der Waals surface area contributed by atoms with Gasteiger partial charge in [-0.2, -0.15) is 5.10 Å². The van der Waals surface area contributed by atoms with Gasteiger partial charge in [-0.3, -0.25) is 5.43 Å². The molecule has 3 aromatic rings. The molecule has 0 atom stereocenters. The summed E-state index contributed by atoms with van der Waals surface area (Å²) in [5.74, 6) is 1.46. The minimum atomic E-state index is 0.590. The monoisotopic (exact) mass is 322 g/mol. The molecule has 7 nitrogen and oxygen atoms in total. The number of nitrogens with one attached hydrogen (secondary N) is 3. The predicted molar refractivity (Wildman–Crippen MR) is 92.7 cm³/mol. The third-order valence-corrected chi connectivity index (χ3v) is 3.49. The first-order valence-electron chi connectivity index (χ1n) is 7.57. The van der Waals surface area contributed by atoms with Gasteiger partial charge in [0.25, 0.3) is 5.82 Å². The lowest BCUT2D eigenvalue weighted by Crippen LogP contribution is -2.32. The molecule has 0 aliphatic rings. The number of rotatable bonds is 4. The topological polar surface area (TPSA) is 73.4 Å². The molecule has 0 saturated carbocycles. The maximum absolute atomic E-state index is 4.44. The third-order valence-electron chi connectivity index (χ3n) is 3.49. The average molecular weight is 322 g/mol. The number of hydrazone groups is 1. The van der Waals surface area contributed by atoms with Crippen molar-refractivity contribution in [2.45, 2.75) is 0 Å². The van der Waals surface area contributed by atoms with Gasteiger partial charge in [-0.25, -0.2) is 4.57 Å². The minimum Gasteiger partial charge on any atom is -0.359 e. The molecule has 24 heavy (non-hydrogen) atoms. The number of hydrogen-bond acceptors (Lipinski definition) is 3. The van der Waals surface area contributed by atoms with Crippen LogP contribution in [0.1, 0.15) is 5.69 Å². The van der Waals surface area contributed by atoms with Crippen molar-refractivity contribution in [1.82, 2.24) is 15.0 Å². The molecular weight excluding hydrogens is 302 g/mol. The van der Waals surface area contributed by atoms with Crippen LogP contribution < -0.4 is 20.9 Å². The first-order valence-corrected chi connectivity index (χ1v) is 7.57. The Balaban J connectivity index is 1.88. The van der Waals surface area contributed by atoms with E-state index in [0.717, 1.165) is 17.0 Å². The number of aromatic amines is 1. The van der Waals surface area contributed by atoms with E-state index in [2.05, 4.69) is 26.0 Å². The summed E-state index contributed by atoms with van der Waals surface area (Å²) in [6.07, 6.45) is 5.74. The number of hydrogen-bond donors (Lipinski definition) is 3. The molecule has 122 valence electrons. The molecule has 0 saturated heterocycles. The highest BCUT2D eigenvalue weighted by atomic mass is 15.4. The van der Waals surface area contributed by atoms with Crippen molar-refractivity contribution in [3.63, 3.8) is 0 Å². The molecule has 0 unspecified atom stereocenters. The molecule has 0 fully saturated rings. The summed E-state index contributed by atoms with van der Waals surface area (Å²) in [7, 11) is 3.89. The van der Waals surface area contributed by atoms with Gasteiger partial charge >= 0.3 is 0 Å². The molecule has 0 aliphatic heterocycles. The zero-order chi connectivity index (χ0) is 16.8. The second-order valence-corrected chi connectivity index (χ2v) is 5.25. The smallest absolute Gasteiger partial charge is 0.299 e. The molecule has 3 rings (SSSR count). The second-order valence-electron chi connectivity index (χ2n) is 5.25. The van der Waals surface area contributed by atoms with Crippen LogP contribution in [0.15, 0.2) is 77.3 Å². The van der Waals surface area contributed by atoms with Crippen LogP contribution >= 0.6 is 0 Å². The maximum atomic E-state index is 4.44. The Hall–Kier alpha value is -3.35. The SMILES string of the molecule is Cn1ccccc1=NNC(=NNc1cccc[n+]1C)c1ccc[nH]1. The Morgan fingerprint density at radius 2 is 2.00 bits per heavy atom. The van der Waals surface area contributed by atoms with E-state index in [-0.39, 0.29) is 0 Å². The zero-order valence-corrected chi connectivity index (χ0v) is 13.6. The first kappa shape index (κ1) is 15.5. The summed E-state index contributed by atoms with van der Waals surface area (Å²) in [5, 5.41) is 8.85. The van der Waals surface area contributed by atoms with Gasteiger partial charge in [0.1, 0.15) is 0 Å². The first-order chi connectivity index (χ1) is 11.7. The molecule has 3 heterocycles. The Bertz CT molecular complexity index is 891. The molecule has 3 aromatic heterocycles. The molecule has 3 N–H and O–H groups in total. The van der Waals surface area contributed by atoms with Gasteiger partial charge in [-0.15, -0.1) is 5.43 Å². The fraction of sp³-hybridized carbons (Fsp3) is 0.118. The lowest BCUT2D eigenvalue weighted by Gasteiger charge is -2.04. The van der Waals surface area contributed by atoms with Gasteiger partial charge in [-0.05, 0) is 30.3 Å². The van der Waals surface area contributed by atoms with Crippen LogP contribution in [0, 0.1) is 0 Å². The highest BCUT2D eigenvalue weighted by molar-refractivity contribution is 5.97. The van der Waals surface area contributed by atoms with Crippen molar-refractivity contribution < 1.29 is 4.57 Å². The summed E-state index contributed by atoms with van der Waals surface area (Å²) >= 11 is 0. The molecular formula is C17H20N7+. The molecule has 0 spiro atoms. The minimum absolute atomic E-state index is 0.590. The van der Waals surface area contributed by atoms with Crippen LogP contribution in [-0.4, -0.2) is 15.4 Å². The second kappa shape index (κ2) is 7.28. The van der Waals surface area contributed by atoms with Crippen LogP contribution in [0.5, 0.6) is 0 Å². The summed E-state index contributed by atoms with van der Waals surface area (Å²) in [6, 6.07) is 15.5. The standard InChI is InChI=1S/C17H19N7/c1-23-12-5-3-9-15(23)19-21-17(14-8-7-11-18-14)22-20-16-10-4-6-13-24(16)2/h3-13H,1-2H3,(H2,18,21,22)/p+1. The van der Waals surface area contributed by atoms with Crippen LogP contribution in [0.2, 0.25) is 0 Å². The number of nitrogens with zero attached hydrogens (tertiary/aromatic N) is 4. The highest BCUT2D eigenvalue weighted by Crippen LogP contribution is 2.00. The van der Waals surface area contributed by atoms with Gasteiger partial charge in [0.15, 0.2) is 5.49 Å². The van der Waals surface area contributed by atoms with Gasteiger partial charge in [0.05, 0.1) is 18.9 Å². The van der Waals surface area contributed by atoms with Crippen molar-refractivity contribution in [3.8, 4) is 0 Å². The van der Waals surface area contributed by atoms with E-state index in [1.54, 1.807) is 0 Å². The maximum Gasteiger partial charge on any atom is 0.299 e. The lowest BCUT2D eigenvalue weighted by atomic mass is 10.4. The van der Waals surface area contributed by atoms with Gasteiger partial charge < -0.3 is 9.55 Å². The highest BCUT2D eigenvalue weighted by Gasteiger charge is 2.08. The molecule has 0 amide bonds. The van der Waals surface area contributed by atoms with Gasteiger partial charge in [0.2, 0.25) is 5.84 Å². The number of amidine groups is 1. The molecule has 0 aliphatic carbocycles. The van der Waals surface area contributed by atoms with E-state index in [4.69, 9.17) is 0 Å². The third kappa shape index (κ3) is 3.70. The number of pyridine rings is 2. The number of aromatic nitrogens is 3. The fourth-order valence-corrected chi connectivity index (χ4v) is 2.12. The number of anilines is 1. The Kier molecular flexibility index (Phi) is 4.71. The summed E-state index contributed by atoms with van der Waals surface area (Å²) in [5.41, 5.74) is 7.70.